The number of carbonyl (C=O) groups is 2. The van der Waals surface area contributed by atoms with Crippen molar-refractivity contribution in [3.63, 3.8) is 0 Å². The molecule has 2 rings (SSSR count). The summed E-state index contributed by atoms with van der Waals surface area (Å²) >= 11 is 0. The molecule has 1 aromatic carbocycles. The van der Waals surface area contributed by atoms with Gasteiger partial charge in [-0.1, -0.05) is 12.5 Å². The minimum Gasteiger partial charge on any atom is -0.479 e. The summed E-state index contributed by atoms with van der Waals surface area (Å²) < 4.78 is 32.2. The van der Waals surface area contributed by atoms with Crippen LogP contribution in [0.4, 0.5) is 0 Å². The number of sulfonamides is 1. The molecule has 27 heavy (non-hydrogen) atoms. The molecule has 1 aliphatic heterocycles. The summed E-state index contributed by atoms with van der Waals surface area (Å²) in [6.45, 7) is 3.42. The van der Waals surface area contributed by atoms with Gasteiger partial charge >= 0.3 is 5.97 Å². The third-order valence-corrected chi connectivity index (χ3v) is 6.75. The first-order chi connectivity index (χ1) is 12.6. The van der Waals surface area contributed by atoms with Gasteiger partial charge in [0.2, 0.25) is 10.0 Å². The summed E-state index contributed by atoms with van der Waals surface area (Å²) in [6, 6.07) is 5.55. The van der Waals surface area contributed by atoms with E-state index in [0.29, 0.717) is 6.54 Å². The van der Waals surface area contributed by atoms with Crippen molar-refractivity contribution in [2.75, 3.05) is 20.3 Å². The van der Waals surface area contributed by atoms with Gasteiger partial charge in [-0.2, -0.15) is 4.31 Å². The number of carboxylic acids is 1. The highest BCUT2D eigenvalue weighted by molar-refractivity contribution is 7.89. The highest BCUT2D eigenvalue weighted by atomic mass is 32.2. The fraction of sp³-hybridized carbons (Fsp3) is 0.556. The number of amides is 1. The van der Waals surface area contributed by atoms with E-state index in [1.165, 1.54) is 42.6 Å². The van der Waals surface area contributed by atoms with Gasteiger partial charge < -0.3 is 15.2 Å². The van der Waals surface area contributed by atoms with Gasteiger partial charge in [-0.25, -0.2) is 13.2 Å². The molecule has 8 nitrogen and oxygen atoms in total. The van der Waals surface area contributed by atoms with Crippen LogP contribution in [0, 0.1) is 0 Å². The predicted molar refractivity (Wildman–Crippen MR) is 99.0 cm³/mol. The lowest BCUT2D eigenvalue weighted by Gasteiger charge is -2.32. The highest BCUT2D eigenvalue weighted by Crippen LogP contribution is 2.25. The van der Waals surface area contributed by atoms with Crippen molar-refractivity contribution in [1.29, 1.82) is 0 Å². The van der Waals surface area contributed by atoms with E-state index in [1.54, 1.807) is 0 Å². The number of carboxylic acid groups (broad SMARTS) is 1. The molecule has 9 heteroatoms. The fourth-order valence-corrected chi connectivity index (χ4v) is 4.87. The van der Waals surface area contributed by atoms with E-state index in [0.717, 1.165) is 19.3 Å². The van der Waals surface area contributed by atoms with Crippen molar-refractivity contribution >= 4 is 21.9 Å². The molecule has 1 fully saturated rings. The number of hydrogen-bond donors (Lipinski definition) is 2. The number of benzene rings is 1. The van der Waals surface area contributed by atoms with E-state index in [2.05, 4.69) is 5.32 Å². The smallest absolute Gasteiger partial charge is 0.331 e. The molecule has 0 saturated carbocycles. The average molecular weight is 398 g/mol. The van der Waals surface area contributed by atoms with Gasteiger partial charge in [0.25, 0.3) is 5.91 Å². The molecule has 1 amide bonds. The Bertz CT molecular complexity index is 810. The second-order valence-corrected chi connectivity index (χ2v) is 8.90. The Hall–Kier alpha value is -1.97. The zero-order valence-corrected chi connectivity index (χ0v) is 16.6. The van der Waals surface area contributed by atoms with Crippen molar-refractivity contribution < 1.29 is 27.9 Å². The lowest BCUT2D eigenvalue weighted by atomic mass is 10.0. The van der Waals surface area contributed by atoms with Crippen LogP contribution in [0.1, 0.15) is 43.5 Å². The third kappa shape index (κ3) is 4.66. The largest absolute Gasteiger partial charge is 0.479 e. The Balaban J connectivity index is 2.29. The Kier molecular flexibility index (Phi) is 6.61. The summed E-state index contributed by atoms with van der Waals surface area (Å²) in [4.78, 5) is 24.0. The molecule has 0 aromatic heterocycles. The quantitative estimate of drug-likeness (QED) is 0.719. The standard InChI is InChI=1S/C18H26N2O6S/c1-13-7-4-5-10-20(13)27(24,25)15-9-6-8-14(11-15)16(21)19-18(2,12-26-3)17(22)23/h6,8-9,11,13H,4-5,7,10,12H2,1-3H3,(H,19,21)(H,22,23). The maximum absolute atomic E-state index is 12.9. The molecule has 2 N–H and O–H groups in total. The van der Waals surface area contributed by atoms with Crippen molar-refractivity contribution in [3.8, 4) is 0 Å². The molecule has 0 bridgehead atoms. The molecule has 1 saturated heterocycles. The molecule has 2 unspecified atom stereocenters. The van der Waals surface area contributed by atoms with E-state index in [4.69, 9.17) is 4.74 Å². The van der Waals surface area contributed by atoms with Gasteiger partial charge in [0.15, 0.2) is 5.54 Å². The Morgan fingerprint density at radius 2 is 2.07 bits per heavy atom. The zero-order chi connectivity index (χ0) is 20.2. The van der Waals surface area contributed by atoms with Crippen LogP contribution >= 0.6 is 0 Å². The number of nitrogens with zero attached hydrogens (tertiary/aromatic N) is 1. The highest BCUT2D eigenvalue weighted by Gasteiger charge is 2.36. The van der Waals surface area contributed by atoms with Crippen LogP contribution < -0.4 is 5.32 Å². The first kappa shape index (κ1) is 21.3. The molecule has 0 spiro atoms. The van der Waals surface area contributed by atoms with Gasteiger partial charge in [-0.15, -0.1) is 0 Å². The number of aliphatic carboxylic acids is 1. The second-order valence-electron chi connectivity index (χ2n) is 7.01. The number of ether oxygens (including phenoxy) is 1. The molecule has 1 aromatic rings. The third-order valence-electron chi connectivity index (χ3n) is 4.74. The van der Waals surface area contributed by atoms with E-state index < -0.39 is 27.4 Å². The van der Waals surface area contributed by atoms with Crippen LogP contribution in [0.25, 0.3) is 0 Å². The summed E-state index contributed by atoms with van der Waals surface area (Å²) in [5.41, 5.74) is -1.55. The summed E-state index contributed by atoms with van der Waals surface area (Å²) in [5.74, 6) is -1.93. The number of nitrogens with one attached hydrogen (secondary N) is 1. The van der Waals surface area contributed by atoms with Crippen LogP contribution in [0.3, 0.4) is 0 Å². The van der Waals surface area contributed by atoms with Gasteiger partial charge in [0, 0.05) is 25.3 Å². The topological polar surface area (TPSA) is 113 Å². The van der Waals surface area contributed by atoms with E-state index in [9.17, 15) is 23.1 Å². The van der Waals surface area contributed by atoms with Gasteiger partial charge in [-0.3, -0.25) is 4.79 Å². The van der Waals surface area contributed by atoms with E-state index in [1.807, 2.05) is 6.92 Å². The van der Waals surface area contributed by atoms with Crippen molar-refractivity contribution in [2.24, 2.45) is 0 Å². The maximum Gasteiger partial charge on any atom is 0.331 e. The van der Waals surface area contributed by atoms with E-state index in [-0.39, 0.29) is 23.1 Å². The predicted octanol–water partition coefficient (Wildman–Crippen LogP) is 1.47. The van der Waals surface area contributed by atoms with Crippen molar-refractivity contribution in [1.82, 2.24) is 9.62 Å². The summed E-state index contributed by atoms with van der Waals surface area (Å²) in [6.07, 6.45) is 2.59. The summed E-state index contributed by atoms with van der Waals surface area (Å²) in [5, 5.41) is 11.8. The van der Waals surface area contributed by atoms with Gasteiger partial charge in [-0.05, 0) is 44.9 Å². The Morgan fingerprint density at radius 3 is 2.67 bits per heavy atom. The minimum atomic E-state index is -3.73. The van der Waals surface area contributed by atoms with Crippen LogP contribution in [-0.2, 0) is 19.6 Å². The minimum absolute atomic E-state index is 0.0210. The lowest BCUT2D eigenvalue weighted by Crippen LogP contribution is -2.55. The second kappa shape index (κ2) is 8.37. The van der Waals surface area contributed by atoms with Crippen LogP contribution in [0.2, 0.25) is 0 Å². The monoisotopic (exact) mass is 398 g/mol. The van der Waals surface area contributed by atoms with Gasteiger partial charge in [0.1, 0.15) is 0 Å². The van der Waals surface area contributed by atoms with Crippen LogP contribution in [-0.4, -0.2) is 61.5 Å². The molecule has 0 radical (unpaired) electrons. The molecular weight excluding hydrogens is 372 g/mol. The SMILES string of the molecule is COCC(C)(NC(=O)c1cccc(S(=O)(=O)N2CCCCC2C)c1)C(=O)O. The number of hydrogen-bond acceptors (Lipinski definition) is 5. The molecular formula is C18H26N2O6S. The number of methoxy groups -OCH3 is 1. The fourth-order valence-electron chi connectivity index (χ4n) is 3.12. The Labute approximate surface area is 159 Å². The molecule has 1 heterocycles. The molecule has 0 aliphatic carbocycles. The molecule has 150 valence electrons. The summed E-state index contributed by atoms with van der Waals surface area (Å²) in [7, 11) is -2.39. The number of rotatable bonds is 7. The van der Waals surface area contributed by atoms with E-state index >= 15 is 0 Å². The van der Waals surface area contributed by atoms with Crippen LogP contribution in [0.5, 0.6) is 0 Å². The number of piperidine rings is 1. The van der Waals surface area contributed by atoms with Crippen LogP contribution in [0.15, 0.2) is 29.2 Å². The normalized spacial score (nSPS) is 20.6. The van der Waals surface area contributed by atoms with Gasteiger partial charge in [0.05, 0.1) is 11.5 Å². The zero-order valence-electron chi connectivity index (χ0n) is 15.8. The molecule has 1 aliphatic rings. The first-order valence-electron chi connectivity index (χ1n) is 8.78. The first-order valence-corrected chi connectivity index (χ1v) is 10.2. The van der Waals surface area contributed by atoms with Crippen molar-refractivity contribution in [2.45, 2.75) is 49.6 Å². The lowest BCUT2D eigenvalue weighted by molar-refractivity contribution is -0.145. The molecule has 2 atom stereocenters. The van der Waals surface area contributed by atoms with Crippen molar-refractivity contribution in [3.05, 3.63) is 29.8 Å². The number of carbonyl (C=O) groups excluding carboxylic acids is 1. The Morgan fingerprint density at radius 1 is 1.37 bits per heavy atom. The average Bonchev–Trinajstić information content (AvgIpc) is 2.62. The maximum atomic E-state index is 12.9.